The maximum atomic E-state index is 13.2. The van der Waals surface area contributed by atoms with Gasteiger partial charge in [0.1, 0.15) is 17.4 Å². The van der Waals surface area contributed by atoms with E-state index in [1.165, 1.54) is 38.5 Å². The maximum absolute atomic E-state index is 13.2. The van der Waals surface area contributed by atoms with Crippen LogP contribution in [0.4, 0.5) is 10.1 Å². The average molecular weight is 370 g/mol. The molecule has 0 aliphatic carbocycles. The van der Waals surface area contributed by atoms with E-state index in [2.05, 4.69) is 5.16 Å². The van der Waals surface area contributed by atoms with Crippen molar-refractivity contribution in [1.29, 1.82) is 0 Å². The van der Waals surface area contributed by atoms with Crippen LogP contribution in [0.1, 0.15) is 5.56 Å². The molecule has 2 aromatic rings. The summed E-state index contributed by atoms with van der Waals surface area (Å²) in [6, 6.07) is 10.3. The SMILES string of the molecule is COc1cccc(C2=NOC3C(=O)N(c4ccc(F)cc4)C(=O)C23)c1OC. The number of hydrogen-bond donors (Lipinski definition) is 0. The van der Waals surface area contributed by atoms with E-state index in [1.807, 2.05) is 0 Å². The van der Waals surface area contributed by atoms with E-state index in [0.717, 1.165) is 4.90 Å². The van der Waals surface area contributed by atoms with Crippen LogP contribution < -0.4 is 14.4 Å². The van der Waals surface area contributed by atoms with Crippen LogP contribution in [0.2, 0.25) is 0 Å². The number of oxime groups is 1. The van der Waals surface area contributed by atoms with Crippen LogP contribution in [0.5, 0.6) is 11.5 Å². The largest absolute Gasteiger partial charge is 0.493 e. The van der Waals surface area contributed by atoms with Crippen molar-refractivity contribution in [3.8, 4) is 11.5 Å². The van der Waals surface area contributed by atoms with Gasteiger partial charge in [-0.3, -0.25) is 9.59 Å². The van der Waals surface area contributed by atoms with Gasteiger partial charge in [-0.15, -0.1) is 0 Å². The normalized spacial score (nSPS) is 21.0. The van der Waals surface area contributed by atoms with Gasteiger partial charge in [0.15, 0.2) is 11.5 Å². The van der Waals surface area contributed by atoms with Crippen molar-refractivity contribution in [2.75, 3.05) is 19.1 Å². The van der Waals surface area contributed by atoms with Crippen molar-refractivity contribution in [2.45, 2.75) is 6.10 Å². The summed E-state index contributed by atoms with van der Waals surface area (Å²) in [6.07, 6.45) is -1.06. The van der Waals surface area contributed by atoms with Gasteiger partial charge in [-0.25, -0.2) is 9.29 Å². The Morgan fingerprint density at radius 2 is 1.78 bits per heavy atom. The number of para-hydroxylation sites is 1. The Hall–Kier alpha value is -3.42. The Morgan fingerprint density at radius 3 is 2.44 bits per heavy atom. The topological polar surface area (TPSA) is 77.4 Å². The lowest BCUT2D eigenvalue weighted by Gasteiger charge is -2.16. The smallest absolute Gasteiger partial charge is 0.278 e. The number of rotatable bonds is 4. The number of carbonyl (C=O) groups excluding carboxylic acids is 2. The second-order valence-corrected chi connectivity index (χ2v) is 6.01. The van der Waals surface area contributed by atoms with Crippen LogP contribution in [-0.2, 0) is 14.4 Å². The first-order chi connectivity index (χ1) is 13.1. The molecule has 1 fully saturated rings. The number of benzene rings is 2. The minimum Gasteiger partial charge on any atom is -0.493 e. The standard InChI is InChI=1S/C19H15FN2O5/c1-25-13-5-3-4-12(16(13)26-2)15-14-17(27-21-15)19(24)22(18(14)23)11-8-6-10(20)7-9-11/h3-9,14,17H,1-2H3. The predicted molar refractivity (Wildman–Crippen MR) is 93.3 cm³/mol. The Kier molecular flexibility index (Phi) is 4.02. The average Bonchev–Trinajstić information content (AvgIpc) is 3.22. The molecule has 2 aromatic carbocycles. The molecule has 1 saturated heterocycles. The molecule has 2 aliphatic heterocycles. The molecule has 0 radical (unpaired) electrons. The van der Waals surface area contributed by atoms with E-state index >= 15 is 0 Å². The maximum Gasteiger partial charge on any atom is 0.278 e. The molecular formula is C19H15FN2O5. The fourth-order valence-electron chi connectivity index (χ4n) is 3.33. The summed E-state index contributed by atoms with van der Waals surface area (Å²) in [5.74, 6) is -1.55. The van der Waals surface area contributed by atoms with Gasteiger partial charge >= 0.3 is 0 Å². The number of carbonyl (C=O) groups is 2. The molecule has 7 nitrogen and oxygen atoms in total. The second kappa shape index (κ2) is 6.39. The number of ether oxygens (including phenoxy) is 2. The lowest BCUT2D eigenvalue weighted by molar-refractivity contribution is -0.126. The number of anilines is 1. The fraction of sp³-hybridized carbons (Fsp3) is 0.211. The van der Waals surface area contributed by atoms with Crippen LogP contribution in [0.25, 0.3) is 0 Å². The minimum absolute atomic E-state index is 0.279. The molecule has 2 amide bonds. The molecule has 0 N–H and O–H groups in total. The molecule has 0 bridgehead atoms. The predicted octanol–water partition coefficient (Wildman–Crippen LogP) is 2.14. The number of hydrogen-bond acceptors (Lipinski definition) is 6. The van der Waals surface area contributed by atoms with Gasteiger partial charge in [-0.1, -0.05) is 11.2 Å². The summed E-state index contributed by atoms with van der Waals surface area (Å²) in [5, 5.41) is 3.97. The molecule has 8 heteroatoms. The van der Waals surface area contributed by atoms with E-state index in [0.29, 0.717) is 22.8 Å². The third kappa shape index (κ3) is 2.52. The summed E-state index contributed by atoms with van der Waals surface area (Å²) in [6.45, 7) is 0. The quantitative estimate of drug-likeness (QED) is 0.771. The Labute approximate surface area is 153 Å². The zero-order chi connectivity index (χ0) is 19.1. The van der Waals surface area contributed by atoms with Gasteiger partial charge in [-0.2, -0.15) is 0 Å². The molecular weight excluding hydrogens is 355 g/mol. The zero-order valence-corrected chi connectivity index (χ0v) is 14.5. The Balaban J connectivity index is 1.74. The highest BCUT2D eigenvalue weighted by Crippen LogP contribution is 2.39. The molecule has 138 valence electrons. The number of nitrogens with zero attached hydrogens (tertiary/aromatic N) is 2. The van der Waals surface area contributed by atoms with E-state index in [1.54, 1.807) is 18.2 Å². The number of imide groups is 1. The van der Waals surface area contributed by atoms with Crippen LogP contribution in [0.15, 0.2) is 47.6 Å². The molecule has 2 unspecified atom stereocenters. The third-order valence-corrected chi connectivity index (χ3v) is 4.58. The summed E-state index contributed by atoms with van der Waals surface area (Å²) in [5.41, 5.74) is 1.08. The molecule has 0 aromatic heterocycles. The van der Waals surface area contributed by atoms with E-state index in [-0.39, 0.29) is 5.69 Å². The number of halogens is 1. The fourth-order valence-corrected chi connectivity index (χ4v) is 3.33. The number of fused-ring (bicyclic) bond motifs is 1. The Bertz CT molecular complexity index is 957. The zero-order valence-electron chi connectivity index (χ0n) is 14.5. The van der Waals surface area contributed by atoms with Crippen molar-refractivity contribution in [3.63, 3.8) is 0 Å². The lowest BCUT2D eigenvalue weighted by Crippen LogP contribution is -2.33. The Morgan fingerprint density at radius 1 is 1.04 bits per heavy atom. The van der Waals surface area contributed by atoms with Crippen LogP contribution in [0.3, 0.4) is 0 Å². The number of amides is 2. The lowest BCUT2D eigenvalue weighted by atomic mass is 9.93. The van der Waals surface area contributed by atoms with Crippen molar-refractivity contribution < 1.29 is 28.3 Å². The third-order valence-electron chi connectivity index (χ3n) is 4.58. The van der Waals surface area contributed by atoms with E-state index in [9.17, 15) is 14.0 Å². The van der Waals surface area contributed by atoms with Crippen LogP contribution in [-0.4, -0.2) is 37.8 Å². The van der Waals surface area contributed by atoms with E-state index in [4.69, 9.17) is 14.3 Å². The van der Waals surface area contributed by atoms with Crippen LogP contribution >= 0.6 is 0 Å². The van der Waals surface area contributed by atoms with Crippen LogP contribution in [0, 0.1) is 11.7 Å². The van der Waals surface area contributed by atoms with Crippen molar-refractivity contribution in [3.05, 3.63) is 53.8 Å². The number of methoxy groups -OCH3 is 2. The highest BCUT2D eigenvalue weighted by atomic mass is 19.1. The highest BCUT2D eigenvalue weighted by molar-refractivity contribution is 6.32. The van der Waals surface area contributed by atoms with Gasteiger partial charge in [0.05, 0.1) is 19.9 Å². The second-order valence-electron chi connectivity index (χ2n) is 6.01. The molecule has 0 saturated carbocycles. The summed E-state index contributed by atoms with van der Waals surface area (Å²) >= 11 is 0. The first kappa shape index (κ1) is 17.0. The molecule has 0 spiro atoms. The van der Waals surface area contributed by atoms with Gasteiger partial charge < -0.3 is 14.3 Å². The van der Waals surface area contributed by atoms with Crippen molar-refractivity contribution >= 4 is 23.2 Å². The van der Waals surface area contributed by atoms with Gasteiger partial charge in [0.2, 0.25) is 12.0 Å². The van der Waals surface area contributed by atoms with Gasteiger partial charge in [-0.05, 0) is 36.4 Å². The first-order valence-electron chi connectivity index (χ1n) is 8.15. The van der Waals surface area contributed by atoms with Crippen molar-refractivity contribution in [2.24, 2.45) is 11.1 Å². The summed E-state index contributed by atoms with van der Waals surface area (Å²) in [7, 11) is 2.97. The van der Waals surface area contributed by atoms with Gasteiger partial charge in [0.25, 0.3) is 5.91 Å². The molecule has 2 aliphatic rings. The first-order valence-corrected chi connectivity index (χ1v) is 8.15. The molecule has 4 rings (SSSR count). The summed E-state index contributed by atoms with van der Waals surface area (Å²) < 4.78 is 23.9. The minimum atomic E-state index is -1.06. The van der Waals surface area contributed by atoms with Crippen molar-refractivity contribution in [1.82, 2.24) is 0 Å². The van der Waals surface area contributed by atoms with E-state index < -0.39 is 29.7 Å². The molecule has 2 atom stereocenters. The van der Waals surface area contributed by atoms with Gasteiger partial charge in [0, 0.05) is 5.56 Å². The molecule has 27 heavy (non-hydrogen) atoms. The highest BCUT2D eigenvalue weighted by Gasteiger charge is 2.56. The molecule has 2 heterocycles. The summed E-state index contributed by atoms with van der Waals surface area (Å²) in [4.78, 5) is 32.0. The monoisotopic (exact) mass is 370 g/mol.